The molecule has 3 aromatic carbocycles. The van der Waals surface area contributed by atoms with Crippen LogP contribution in [0.15, 0.2) is 81.4 Å². The Hall–Kier alpha value is -2.48. The maximum absolute atomic E-state index is 12.9. The fraction of sp³-hybridized carbons (Fsp3) is 0. The molecule has 1 N–H and O–H groups in total. The van der Waals surface area contributed by atoms with Crippen molar-refractivity contribution >= 4 is 20.0 Å². The molecule has 0 fully saturated rings. The van der Waals surface area contributed by atoms with Gasteiger partial charge in [0.1, 0.15) is 0 Å². The van der Waals surface area contributed by atoms with E-state index in [0.717, 1.165) is 17.2 Å². The number of hydrogen-bond donors (Lipinski definition) is 1. The second kappa shape index (κ2) is 5.26. The monoisotopic (exact) mass is 372 g/mol. The maximum atomic E-state index is 12.9. The van der Waals surface area contributed by atoms with Crippen molar-refractivity contribution in [1.82, 2.24) is 0 Å². The topological polar surface area (TPSA) is 88.5 Å². The highest BCUT2D eigenvalue weighted by Crippen LogP contribution is 2.45. The zero-order valence-electron chi connectivity index (χ0n) is 12.7. The summed E-state index contributed by atoms with van der Waals surface area (Å²) in [6.45, 7) is 0. The molecule has 1 aliphatic heterocycles. The maximum Gasteiger partial charge on any atom is 0.294 e. The van der Waals surface area contributed by atoms with E-state index in [1.807, 2.05) is 36.4 Å². The molecule has 0 aliphatic carbocycles. The molecule has 0 spiro atoms. The third-order valence-electron chi connectivity index (χ3n) is 4.21. The molecule has 25 heavy (non-hydrogen) atoms. The molecule has 0 unspecified atom stereocenters. The first-order valence-electron chi connectivity index (χ1n) is 7.35. The summed E-state index contributed by atoms with van der Waals surface area (Å²) in [5.41, 5.74) is 2.60. The van der Waals surface area contributed by atoms with Gasteiger partial charge in [0, 0.05) is 11.1 Å². The quantitative estimate of drug-likeness (QED) is 0.545. The lowest BCUT2D eigenvalue weighted by molar-refractivity contribution is 0.483. The molecular weight excluding hydrogens is 360 g/mol. The number of hydrogen-bond acceptors (Lipinski definition) is 4. The van der Waals surface area contributed by atoms with Gasteiger partial charge in [-0.3, -0.25) is 4.55 Å². The first-order chi connectivity index (χ1) is 11.8. The third-order valence-corrected chi connectivity index (χ3v) is 6.89. The Morgan fingerprint density at radius 1 is 0.720 bits per heavy atom. The van der Waals surface area contributed by atoms with Crippen LogP contribution >= 0.6 is 0 Å². The summed E-state index contributed by atoms with van der Waals surface area (Å²) >= 11 is 0. The van der Waals surface area contributed by atoms with Crippen molar-refractivity contribution in [3.63, 3.8) is 0 Å². The smallest absolute Gasteiger partial charge is 0.282 e. The predicted molar refractivity (Wildman–Crippen MR) is 92.6 cm³/mol. The van der Waals surface area contributed by atoms with Crippen LogP contribution in [0.1, 0.15) is 0 Å². The van der Waals surface area contributed by atoms with Crippen molar-refractivity contribution in [2.24, 2.45) is 0 Å². The van der Waals surface area contributed by atoms with E-state index in [-0.39, 0.29) is 9.79 Å². The van der Waals surface area contributed by atoms with Crippen molar-refractivity contribution in [3.05, 3.63) is 66.7 Å². The molecule has 4 rings (SSSR count). The summed E-state index contributed by atoms with van der Waals surface area (Å²) in [7, 11) is -8.33. The van der Waals surface area contributed by atoms with Crippen molar-refractivity contribution in [2.45, 2.75) is 14.7 Å². The van der Waals surface area contributed by atoms with Crippen LogP contribution < -0.4 is 0 Å². The van der Waals surface area contributed by atoms with E-state index in [1.54, 1.807) is 12.1 Å². The highest BCUT2D eigenvalue weighted by molar-refractivity contribution is 7.92. The van der Waals surface area contributed by atoms with Crippen molar-refractivity contribution in [1.29, 1.82) is 0 Å². The van der Waals surface area contributed by atoms with Crippen LogP contribution in [0.4, 0.5) is 0 Å². The zero-order chi connectivity index (χ0) is 17.8. The first kappa shape index (κ1) is 16.0. The lowest BCUT2D eigenvalue weighted by Crippen LogP contribution is -2.01. The van der Waals surface area contributed by atoms with Gasteiger partial charge >= 0.3 is 0 Å². The van der Waals surface area contributed by atoms with Gasteiger partial charge in [-0.05, 0) is 29.3 Å². The van der Waals surface area contributed by atoms with Gasteiger partial charge in [-0.2, -0.15) is 8.42 Å². The fourth-order valence-corrected chi connectivity index (χ4v) is 5.32. The number of rotatable bonds is 2. The van der Waals surface area contributed by atoms with Crippen LogP contribution in [0.3, 0.4) is 0 Å². The van der Waals surface area contributed by atoms with E-state index in [2.05, 4.69) is 0 Å². The van der Waals surface area contributed by atoms with Gasteiger partial charge in [0.15, 0.2) is 0 Å². The van der Waals surface area contributed by atoms with E-state index >= 15 is 0 Å². The number of benzene rings is 3. The molecule has 5 nitrogen and oxygen atoms in total. The van der Waals surface area contributed by atoms with Crippen LogP contribution in [0.25, 0.3) is 22.3 Å². The number of fused-ring (bicyclic) bond motifs is 3. The van der Waals surface area contributed by atoms with Gasteiger partial charge < -0.3 is 0 Å². The van der Waals surface area contributed by atoms with Gasteiger partial charge in [0.05, 0.1) is 14.7 Å². The Bertz CT molecular complexity index is 1210. The standard InChI is InChI=1S/C18H12O5S2/c19-24(20)17-10-13(12-4-2-1-3-5-12)6-8-15(17)16-9-7-14(11-18(16)24)25(21,22)23/h1-11H,(H,21,22,23). The van der Waals surface area contributed by atoms with Gasteiger partial charge in [-0.25, -0.2) is 8.42 Å². The summed E-state index contributed by atoms with van der Waals surface area (Å²) in [5, 5.41) is 0. The Balaban J connectivity index is 1.95. The molecular formula is C18H12O5S2. The van der Waals surface area contributed by atoms with Crippen molar-refractivity contribution < 1.29 is 21.4 Å². The molecule has 7 heteroatoms. The van der Waals surface area contributed by atoms with E-state index < -0.39 is 24.9 Å². The van der Waals surface area contributed by atoms with Crippen LogP contribution in [-0.4, -0.2) is 21.4 Å². The van der Waals surface area contributed by atoms with Gasteiger partial charge in [0.2, 0.25) is 9.84 Å². The molecule has 1 aliphatic rings. The second-order valence-electron chi connectivity index (χ2n) is 5.71. The van der Waals surface area contributed by atoms with Crippen LogP contribution in [0, 0.1) is 0 Å². The van der Waals surface area contributed by atoms with Crippen LogP contribution in [-0.2, 0) is 20.0 Å². The van der Waals surface area contributed by atoms with Crippen LogP contribution in [0.2, 0.25) is 0 Å². The van der Waals surface area contributed by atoms with Crippen molar-refractivity contribution in [3.8, 4) is 22.3 Å². The summed E-state index contributed by atoms with van der Waals surface area (Å²) < 4.78 is 57.5. The average molecular weight is 372 g/mol. The summed E-state index contributed by atoms with van der Waals surface area (Å²) in [6.07, 6.45) is 0. The number of sulfone groups is 1. The Morgan fingerprint density at radius 2 is 1.32 bits per heavy atom. The van der Waals surface area contributed by atoms with Gasteiger partial charge in [0.25, 0.3) is 10.1 Å². The Labute approximate surface area is 145 Å². The van der Waals surface area contributed by atoms with E-state index in [9.17, 15) is 21.4 Å². The fourth-order valence-electron chi connectivity index (χ4n) is 3.00. The molecule has 0 saturated heterocycles. The second-order valence-corrected chi connectivity index (χ2v) is 9.02. The van der Waals surface area contributed by atoms with Gasteiger partial charge in [-0.15, -0.1) is 0 Å². The minimum Gasteiger partial charge on any atom is -0.282 e. The lowest BCUT2D eigenvalue weighted by Gasteiger charge is -2.05. The molecule has 0 aromatic heterocycles. The predicted octanol–water partition coefficient (Wildman–Crippen LogP) is 3.41. The molecule has 126 valence electrons. The normalized spacial score (nSPS) is 14.8. The molecule has 1 heterocycles. The molecule has 0 bridgehead atoms. The molecule has 0 amide bonds. The minimum absolute atomic E-state index is 0.108. The summed E-state index contributed by atoms with van der Waals surface area (Å²) in [6, 6.07) is 18.1. The minimum atomic E-state index is -4.48. The summed E-state index contributed by atoms with van der Waals surface area (Å²) in [5.74, 6) is 0. The largest absolute Gasteiger partial charge is 0.294 e. The van der Waals surface area contributed by atoms with E-state index in [0.29, 0.717) is 11.1 Å². The van der Waals surface area contributed by atoms with Crippen molar-refractivity contribution in [2.75, 3.05) is 0 Å². The molecule has 0 saturated carbocycles. The molecule has 0 atom stereocenters. The lowest BCUT2D eigenvalue weighted by atomic mass is 10.0. The van der Waals surface area contributed by atoms with Crippen LogP contribution in [0.5, 0.6) is 0 Å². The molecule has 3 aromatic rings. The summed E-state index contributed by atoms with van der Waals surface area (Å²) in [4.78, 5) is -0.412. The highest BCUT2D eigenvalue weighted by atomic mass is 32.2. The van der Waals surface area contributed by atoms with E-state index in [1.165, 1.54) is 12.1 Å². The van der Waals surface area contributed by atoms with Gasteiger partial charge in [-0.1, -0.05) is 48.5 Å². The Kier molecular flexibility index (Phi) is 3.37. The highest BCUT2D eigenvalue weighted by Gasteiger charge is 2.34. The van der Waals surface area contributed by atoms with E-state index in [4.69, 9.17) is 0 Å². The first-order valence-corrected chi connectivity index (χ1v) is 10.3. The molecule has 0 radical (unpaired) electrons. The zero-order valence-corrected chi connectivity index (χ0v) is 14.4. The average Bonchev–Trinajstić information content (AvgIpc) is 2.82. The Morgan fingerprint density at radius 3 is 1.96 bits per heavy atom. The SMILES string of the molecule is O=S(=O)(O)c1ccc2c(c1)S(=O)(=O)c1cc(-c3ccccc3)ccc1-2. The third kappa shape index (κ3) is 2.48.